The van der Waals surface area contributed by atoms with Gasteiger partial charge in [0.1, 0.15) is 0 Å². The first kappa shape index (κ1) is 31.7. The second-order valence-corrected chi connectivity index (χ2v) is 11.3. The lowest BCUT2D eigenvalue weighted by molar-refractivity contribution is -0.133. The number of rotatable bonds is 13. The Morgan fingerprint density at radius 1 is 0.933 bits per heavy atom. The van der Waals surface area contributed by atoms with Crippen molar-refractivity contribution in [2.24, 2.45) is 0 Å². The van der Waals surface area contributed by atoms with E-state index in [4.69, 9.17) is 16.3 Å². The number of nitrogens with zero attached hydrogens (tertiary/aromatic N) is 1. The smallest absolute Gasteiger partial charge is 0.334 e. The highest BCUT2D eigenvalue weighted by Crippen LogP contribution is 2.39. The topological polar surface area (TPSA) is 101 Å². The Morgan fingerprint density at radius 3 is 2.24 bits per heavy atom. The number of pyridine rings is 1. The lowest BCUT2D eigenvalue weighted by Gasteiger charge is -2.31. The van der Waals surface area contributed by atoms with Gasteiger partial charge in [0.2, 0.25) is 5.91 Å². The average molecular weight is 622 g/mol. The summed E-state index contributed by atoms with van der Waals surface area (Å²) in [6.07, 6.45) is 2.99. The summed E-state index contributed by atoms with van der Waals surface area (Å²) in [5, 5.41) is 17.1. The molecule has 0 saturated carbocycles. The summed E-state index contributed by atoms with van der Waals surface area (Å²) >= 11 is 6.36. The minimum atomic E-state index is -1.11. The molecule has 1 aliphatic heterocycles. The van der Waals surface area contributed by atoms with Gasteiger partial charge in [0.15, 0.2) is 0 Å². The molecular weight excluding hydrogens is 586 g/mol. The van der Waals surface area contributed by atoms with E-state index in [1.807, 2.05) is 54.6 Å². The normalized spacial score (nSPS) is 14.8. The minimum Gasteiger partial charge on any atom is -0.478 e. The van der Waals surface area contributed by atoms with E-state index in [0.29, 0.717) is 53.5 Å². The van der Waals surface area contributed by atoms with E-state index in [9.17, 15) is 14.7 Å². The third-order valence-electron chi connectivity index (χ3n) is 7.90. The number of ether oxygens (including phenoxy) is 1. The standard InChI is InChI=1S/C37H36ClN3O4/c1-25-33(37(43)44)34(28-15-10-16-29(38)23-28)35(32(41-25)24-45-22-19-30-17-8-9-20-39-30)36(42)40-21-18-31(26-11-4-2-5-12-26)27-13-6-3-7-14-27/h2-17,20,23,31,34,41H,18-19,21-22,24H2,1H3,(H,40,42)(H,43,44). The van der Waals surface area contributed by atoms with Crippen LogP contribution in [0.1, 0.15) is 47.6 Å². The van der Waals surface area contributed by atoms with Crippen molar-refractivity contribution in [1.29, 1.82) is 0 Å². The molecule has 230 valence electrons. The number of dihydropyridines is 1. The number of amides is 1. The lowest BCUT2D eigenvalue weighted by atomic mass is 9.80. The largest absolute Gasteiger partial charge is 0.478 e. The van der Waals surface area contributed by atoms with Crippen LogP contribution < -0.4 is 10.6 Å². The zero-order valence-corrected chi connectivity index (χ0v) is 25.8. The average Bonchev–Trinajstić information content (AvgIpc) is 3.05. The van der Waals surface area contributed by atoms with Crippen molar-refractivity contribution >= 4 is 23.5 Å². The van der Waals surface area contributed by atoms with Gasteiger partial charge in [-0.05, 0) is 54.3 Å². The molecule has 1 amide bonds. The molecule has 0 radical (unpaired) electrons. The van der Waals surface area contributed by atoms with E-state index in [-0.39, 0.29) is 24.0 Å². The summed E-state index contributed by atoms with van der Waals surface area (Å²) in [6.45, 7) is 2.54. The highest BCUT2D eigenvalue weighted by Gasteiger charge is 2.37. The summed E-state index contributed by atoms with van der Waals surface area (Å²) in [7, 11) is 0. The van der Waals surface area contributed by atoms with Crippen LogP contribution >= 0.6 is 11.6 Å². The Labute approximate surface area is 268 Å². The molecule has 0 bridgehead atoms. The number of carboxylic acids is 1. The van der Waals surface area contributed by atoms with E-state index < -0.39 is 11.9 Å². The van der Waals surface area contributed by atoms with Gasteiger partial charge in [0.25, 0.3) is 0 Å². The number of carbonyl (C=O) groups is 2. The Hall–Kier alpha value is -4.72. The summed E-state index contributed by atoms with van der Waals surface area (Å²) in [5.74, 6) is -2.25. The van der Waals surface area contributed by atoms with E-state index in [1.165, 1.54) is 0 Å². The van der Waals surface area contributed by atoms with Gasteiger partial charge in [-0.3, -0.25) is 9.78 Å². The maximum absolute atomic E-state index is 14.1. The molecular formula is C37H36ClN3O4. The first-order valence-corrected chi connectivity index (χ1v) is 15.4. The van der Waals surface area contributed by atoms with Crippen molar-refractivity contribution in [1.82, 2.24) is 15.6 Å². The quantitative estimate of drug-likeness (QED) is 0.145. The van der Waals surface area contributed by atoms with Crippen LogP contribution in [0.2, 0.25) is 5.02 Å². The van der Waals surface area contributed by atoms with Crippen LogP contribution in [0.3, 0.4) is 0 Å². The molecule has 7 nitrogen and oxygen atoms in total. The van der Waals surface area contributed by atoms with Gasteiger partial charge in [-0.25, -0.2) is 4.79 Å². The fourth-order valence-corrected chi connectivity index (χ4v) is 6.00. The van der Waals surface area contributed by atoms with Gasteiger partial charge >= 0.3 is 5.97 Å². The van der Waals surface area contributed by atoms with Gasteiger partial charge in [-0.15, -0.1) is 0 Å². The molecule has 45 heavy (non-hydrogen) atoms. The number of aromatic nitrogens is 1. The fraction of sp³-hybridized carbons (Fsp3) is 0.216. The van der Waals surface area contributed by atoms with Crippen LogP contribution in [-0.2, 0) is 20.7 Å². The maximum atomic E-state index is 14.1. The molecule has 3 aromatic carbocycles. The first-order valence-electron chi connectivity index (χ1n) is 15.0. The molecule has 3 N–H and O–H groups in total. The monoisotopic (exact) mass is 621 g/mol. The lowest BCUT2D eigenvalue weighted by Crippen LogP contribution is -2.38. The van der Waals surface area contributed by atoms with E-state index >= 15 is 0 Å². The van der Waals surface area contributed by atoms with Gasteiger partial charge in [0.05, 0.1) is 36.0 Å². The number of benzene rings is 3. The number of allylic oxidation sites excluding steroid dienone is 1. The third-order valence-corrected chi connectivity index (χ3v) is 8.13. The van der Waals surface area contributed by atoms with E-state index in [2.05, 4.69) is 39.9 Å². The Balaban J connectivity index is 1.42. The second-order valence-electron chi connectivity index (χ2n) is 10.9. The van der Waals surface area contributed by atoms with Crippen LogP contribution in [0.15, 0.2) is 132 Å². The zero-order chi connectivity index (χ0) is 31.6. The molecule has 1 aromatic heterocycles. The number of carboxylic acid groups (broad SMARTS) is 1. The predicted molar refractivity (Wildman–Crippen MR) is 176 cm³/mol. The van der Waals surface area contributed by atoms with Gasteiger partial charge in [-0.2, -0.15) is 0 Å². The highest BCUT2D eigenvalue weighted by molar-refractivity contribution is 6.30. The van der Waals surface area contributed by atoms with Crippen molar-refractivity contribution in [2.75, 3.05) is 19.8 Å². The third kappa shape index (κ3) is 8.06. The summed E-state index contributed by atoms with van der Waals surface area (Å²) in [4.78, 5) is 31.1. The number of hydrogen-bond acceptors (Lipinski definition) is 5. The summed E-state index contributed by atoms with van der Waals surface area (Å²) < 4.78 is 6.03. The molecule has 1 aliphatic rings. The van der Waals surface area contributed by atoms with Gasteiger partial charge in [0, 0.05) is 41.5 Å². The van der Waals surface area contributed by atoms with Crippen LogP contribution in [0.5, 0.6) is 0 Å². The Morgan fingerprint density at radius 2 is 1.62 bits per heavy atom. The molecule has 0 saturated heterocycles. The molecule has 0 fully saturated rings. The Kier molecular flexibility index (Phi) is 10.8. The van der Waals surface area contributed by atoms with E-state index in [1.54, 1.807) is 37.4 Å². The molecule has 2 heterocycles. The second kappa shape index (κ2) is 15.3. The summed E-state index contributed by atoms with van der Waals surface area (Å²) in [5.41, 5.74) is 5.17. The fourth-order valence-electron chi connectivity index (χ4n) is 5.80. The molecule has 4 aromatic rings. The van der Waals surface area contributed by atoms with Crippen molar-refractivity contribution < 1.29 is 19.4 Å². The van der Waals surface area contributed by atoms with Crippen LogP contribution in [0, 0.1) is 0 Å². The predicted octanol–water partition coefficient (Wildman–Crippen LogP) is 6.63. The first-order chi connectivity index (χ1) is 21.9. The highest BCUT2D eigenvalue weighted by atomic mass is 35.5. The van der Waals surface area contributed by atoms with Gasteiger partial charge < -0.3 is 20.5 Å². The van der Waals surface area contributed by atoms with Crippen molar-refractivity contribution in [3.05, 3.63) is 159 Å². The minimum absolute atomic E-state index is 0.0704. The van der Waals surface area contributed by atoms with Crippen molar-refractivity contribution in [2.45, 2.75) is 31.6 Å². The summed E-state index contributed by atoms with van der Waals surface area (Å²) in [6, 6.07) is 33.1. The SMILES string of the molecule is CC1=C(C(=O)O)C(c2cccc(Cl)c2)C(C(=O)NCCC(c2ccccc2)c2ccccc2)=C(COCCc2ccccn2)N1. The van der Waals surface area contributed by atoms with Crippen molar-refractivity contribution in [3.8, 4) is 0 Å². The molecule has 1 unspecified atom stereocenters. The number of carbonyl (C=O) groups excluding carboxylic acids is 1. The molecule has 0 spiro atoms. The van der Waals surface area contributed by atoms with Crippen LogP contribution in [0.25, 0.3) is 0 Å². The molecule has 5 rings (SSSR count). The van der Waals surface area contributed by atoms with Crippen molar-refractivity contribution in [3.63, 3.8) is 0 Å². The van der Waals surface area contributed by atoms with E-state index in [0.717, 1.165) is 16.8 Å². The number of halogens is 1. The Bertz CT molecular complexity index is 1630. The maximum Gasteiger partial charge on any atom is 0.334 e. The van der Waals surface area contributed by atoms with Crippen LogP contribution in [-0.4, -0.2) is 41.7 Å². The molecule has 8 heteroatoms. The number of hydrogen-bond donors (Lipinski definition) is 3. The van der Waals surface area contributed by atoms with Crippen LogP contribution in [0.4, 0.5) is 0 Å². The zero-order valence-electron chi connectivity index (χ0n) is 25.1. The van der Waals surface area contributed by atoms with Gasteiger partial charge in [-0.1, -0.05) is 90.5 Å². The number of aliphatic carboxylic acids is 1. The molecule has 1 atom stereocenters. The number of nitrogens with one attached hydrogen (secondary N) is 2. The molecule has 0 aliphatic carbocycles.